The summed E-state index contributed by atoms with van der Waals surface area (Å²) in [7, 11) is 1.67. The fraction of sp³-hybridized carbons (Fsp3) is 0.625. The Labute approximate surface area is 117 Å². The number of nitrogens with two attached hydrogens (primary N) is 1. The van der Waals surface area contributed by atoms with E-state index in [2.05, 4.69) is 19.9 Å². The van der Waals surface area contributed by atoms with Gasteiger partial charge in [0.25, 0.3) is 0 Å². The number of para-hydroxylation sites is 1. The molecule has 0 aliphatic heterocycles. The number of hydrogen-bond acceptors (Lipinski definition) is 3. The summed E-state index contributed by atoms with van der Waals surface area (Å²) < 4.78 is 11.3. The second kappa shape index (κ2) is 8.05. The largest absolute Gasteiger partial charge is 0.493 e. The van der Waals surface area contributed by atoms with Gasteiger partial charge in [0.05, 0.1) is 13.7 Å². The summed E-state index contributed by atoms with van der Waals surface area (Å²) in [6.45, 7) is 7.18. The summed E-state index contributed by atoms with van der Waals surface area (Å²) in [4.78, 5) is 0. The molecule has 1 aromatic rings. The fourth-order valence-electron chi connectivity index (χ4n) is 2.06. The van der Waals surface area contributed by atoms with Crippen LogP contribution in [-0.4, -0.2) is 19.8 Å². The van der Waals surface area contributed by atoms with Gasteiger partial charge in [0.1, 0.15) is 0 Å². The molecule has 1 aromatic carbocycles. The zero-order valence-corrected chi connectivity index (χ0v) is 12.6. The molecule has 0 radical (unpaired) electrons. The molecule has 0 spiro atoms. The Hall–Kier alpha value is -1.22. The lowest BCUT2D eigenvalue weighted by molar-refractivity contribution is 0.276. The Kier molecular flexibility index (Phi) is 6.71. The summed E-state index contributed by atoms with van der Waals surface area (Å²) >= 11 is 0. The number of rotatable bonds is 8. The zero-order valence-electron chi connectivity index (χ0n) is 12.6. The second-order valence-corrected chi connectivity index (χ2v) is 5.51. The van der Waals surface area contributed by atoms with Crippen LogP contribution in [0.25, 0.3) is 0 Å². The van der Waals surface area contributed by atoms with E-state index in [-0.39, 0.29) is 6.04 Å². The predicted octanol–water partition coefficient (Wildman–Crippen LogP) is 3.40. The van der Waals surface area contributed by atoms with E-state index in [4.69, 9.17) is 15.2 Å². The normalized spacial score (nSPS) is 12.5. The monoisotopic (exact) mass is 265 g/mol. The van der Waals surface area contributed by atoms with Crippen LogP contribution in [0.1, 0.15) is 39.2 Å². The van der Waals surface area contributed by atoms with Crippen LogP contribution >= 0.6 is 0 Å². The van der Waals surface area contributed by atoms with Crippen molar-refractivity contribution in [1.82, 2.24) is 0 Å². The maximum Gasteiger partial charge on any atom is 0.164 e. The van der Waals surface area contributed by atoms with Gasteiger partial charge in [0, 0.05) is 6.04 Å². The van der Waals surface area contributed by atoms with Crippen molar-refractivity contribution >= 4 is 0 Å². The van der Waals surface area contributed by atoms with Gasteiger partial charge in [-0.25, -0.2) is 0 Å². The van der Waals surface area contributed by atoms with E-state index in [1.165, 1.54) is 6.42 Å². The Morgan fingerprint density at radius 1 is 1.21 bits per heavy atom. The molecule has 1 atom stereocenters. The van der Waals surface area contributed by atoms with Gasteiger partial charge in [-0.15, -0.1) is 0 Å². The third-order valence-corrected chi connectivity index (χ3v) is 2.99. The summed E-state index contributed by atoms with van der Waals surface area (Å²) in [5.41, 5.74) is 7.01. The van der Waals surface area contributed by atoms with Gasteiger partial charge in [0.15, 0.2) is 11.5 Å². The van der Waals surface area contributed by atoms with Crippen LogP contribution in [0.3, 0.4) is 0 Å². The third-order valence-electron chi connectivity index (χ3n) is 2.99. The summed E-state index contributed by atoms with van der Waals surface area (Å²) in [6, 6.07) is 6.09. The molecular formula is C16H27NO2. The van der Waals surface area contributed by atoms with Gasteiger partial charge in [-0.1, -0.05) is 26.0 Å². The number of methoxy groups -OCH3 is 1. The summed E-state index contributed by atoms with van der Waals surface area (Å²) in [6.07, 6.45) is 3.04. The molecule has 1 rings (SSSR count). The molecule has 0 saturated heterocycles. The highest BCUT2D eigenvalue weighted by atomic mass is 16.5. The molecule has 0 bridgehead atoms. The van der Waals surface area contributed by atoms with E-state index in [0.717, 1.165) is 36.5 Å². The van der Waals surface area contributed by atoms with Gasteiger partial charge in [-0.05, 0) is 43.7 Å². The van der Waals surface area contributed by atoms with Gasteiger partial charge in [-0.2, -0.15) is 0 Å². The molecule has 108 valence electrons. The molecule has 0 fully saturated rings. The van der Waals surface area contributed by atoms with Crippen molar-refractivity contribution in [1.29, 1.82) is 0 Å². The Morgan fingerprint density at radius 2 is 1.95 bits per heavy atom. The molecule has 0 aromatic heterocycles. The second-order valence-electron chi connectivity index (χ2n) is 5.51. The Morgan fingerprint density at radius 3 is 2.53 bits per heavy atom. The van der Waals surface area contributed by atoms with Crippen molar-refractivity contribution in [3.05, 3.63) is 23.8 Å². The average Bonchev–Trinajstić information content (AvgIpc) is 2.34. The third kappa shape index (κ3) is 5.52. The van der Waals surface area contributed by atoms with Crippen molar-refractivity contribution in [3.63, 3.8) is 0 Å². The summed E-state index contributed by atoms with van der Waals surface area (Å²) in [5.74, 6) is 2.36. The van der Waals surface area contributed by atoms with Crippen LogP contribution in [0.5, 0.6) is 11.5 Å². The van der Waals surface area contributed by atoms with Crippen LogP contribution in [0.2, 0.25) is 0 Å². The smallest absolute Gasteiger partial charge is 0.164 e. The minimum atomic E-state index is 0.116. The first-order valence-corrected chi connectivity index (χ1v) is 7.08. The highest BCUT2D eigenvalue weighted by Gasteiger charge is 2.11. The SMILES string of the molecule is COc1cccc(CC(C)N)c1OCCCC(C)C. The lowest BCUT2D eigenvalue weighted by atomic mass is 10.1. The van der Waals surface area contributed by atoms with E-state index in [1.807, 2.05) is 19.1 Å². The van der Waals surface area contributed by atoms with Crippen LogP contribution < -0.4 is 15.2 Å². The van der Waals surface area contributed by atoms with Gasteiger partial charge in [-0.3, -0.25) is 0 Å². The maximum atomic E-state index is 5.93. The average molecular weight is 265 g/mol. The minimum absolute atomic E-state index is 0.116. The molecule has 2 N–H and O–H groups in total. The van der Waals surface area contributed by atoms with Crippen molar-refractivity contribution in [2.45, 2.75) is 46.1 Å². The van der Waals surface area contributed by atoms with Crippen LogP contribution in [0.4, 0.5) is 0 Å². The number of ether oxygens (including phenoxy) is 2. The minimum Gasteiger partial charge on any atom is -0.493 e. The van der Waals surface area contributed by atoms with E-state index in [1.54, 1.807) is 7.11 Å². The highest BCUT2D eigenvalue weighted by Crippen LogP contribution is 2.32. The molecule has 0 saturated carbocycles. The molecular weight excluding hydrogens is 238 g/mol. The zero-order chi connectivity index (χ0) is 14.3. The molecule has 0 aliphatic carbocycles. The Bertz CT molecular complexity index is 375. The first-order chi connectivity index (χ1) is 9.04. The van der Waals surface area contributed by atoms with E-state index in [9.17, 15) is 0 Å². The first kappa shape index (κ1) is 15.8. The van der Waals surface area contributed by atoms with Gasteiger partial charge >= 0.3 is 0 Å². The standard InChI is InChI=1S/C16H27NO2/c1-12(2)7-6-10-19-16-14(11-13(3)17)8-5-9-15(16)18-4/h5,8-9,12-13H,6-7,10-11,17H2,1-4H3. The first-order valence-electron chi connectivity index (χ1n) is 7.08. The predicted molar refractivity (Wildman–Crippen MR) is 79.9 cm³/mol. The Balaban J connectivity index is 2.71. The van der Waals surface area contributed by atoms with Gasteiger partial charge in [0.2, 0.25) is 0 Å². The quantitative estimate of drug-likeness (QED) is 0.733. The van der Waals surface area contributed by atoms with Crippen molar-refractivity contribution < 1.29 is 9.47 Å². The fourth-order valence-corrected chi connectivity index (χ4v) is 2.06. The molecule has 0 amide bonds. The molecule has 1 unspecified atom stereocenters. The lowest BCUT2D eigenvalue weighted by Gasteiger charge is -2.16. The molecule has 19 heavy (non-hydrogen) atoms. The number of benzene rings is 1. The highest BCUT2D eigenvalue weighted by molar-refractivity contribution is 5.47. The maximum absolute atomic E-state index is 5.93. The molecule has 0 heterocycles. The van der Waals surface area contributed by atoms with Crippen molar-refractivity contribution in [2.24, 2.45) is 11.7 Å². The number of hydrogen-bond donors (Lipinski definition) is 1. The van der Waals surface area contributed by atoms with Crippen molar-refractivity contribution in [2.75, 3.05) is 13.7 Å². The van der Waals surface area contributed by atoms with E-state index in [0.29, 0.717) is 5.92 Å². The van der Waals surface area contributed by atoms with Crippen LogP contribution in [0, 0.1) is 5.92 Å². The van der Waals surface area contributed by atoms with Gasteiger partial charge < -0.3 is 15.2 Å². The van der Waals surface area contributed by atoms with E-state index >= 15 is 0 Å². The van der Waals surface area contributed by atoms with E-state index < -0.39 is 0 Å². The summed E-state index contributed by atoms with van der Waals surface area (Å²) in [5, 5.41) is 0. The topological polar surface area (TPSA) is 44.5 Å². The van der Waals surface area contributed by atoms with Crippen molar-refractivity contribution in [3.8, 4) is 11.5 Å². The van der Waals surface area contributed by atoms with Crippen LogP contribution in [0.15, 0.2) is 18.2 Å². The molecule has 3 heteroatoms. The van der Waals surface area contributed by atoms with Crippen LogP contribution in [-0.2, 0) is 6.42 Å². The molecule has 0 aliphatic rings. The molecule has 3 nitrogen and oxygen atoms in total. The lowest BCUT2D eigenvalue weighted by Crippen LogP contribution is -2.18.